The second kappa shape index (κ2) is 16.8. The number of amides is 2. The smallest absolute Gasteiger partial charge is 0.243 e. The fraction of sp³-hybridized carbons (Fsp3) is 0.485. The molecule has 0 radical (unpaired) electrons. The summed E-state index contributed by atoms with van der Waals surface area (Å²) < 4.78 is 31.1. The Morgan fingerprint density at radius 1 is 1.09 bits per heavy atom. The number of carbonyl (C=O) groups excluding carboxylic acids is 2. The third kappa shape index (κ3) is 9.31. The molecule has 2 aromatic carbocycles. The minimum Gasteiger partial charge on any atom is -0.385 e. The van der Waals surface area contributed by atoms with Crippen LogP contribution in [0.25, 0.3) is 11.1 Å². The molecule has 4 N–H and O–H groups in total. The van der Waals surface area contributed by atoms with Crippen LogP contribution in [0.1, 0.15) is 70.7 Å². The SMILES string of the molecule is CCNc1cccc(-c2cccc(S(=O)(=O)N[C@@H](CCCc3nc[nH]c3C)C(=O)N3CCC(CC)CC3)c2NC(=O)CC)c1.Cl. The number of rotatable bonds is 14. The molecule has 10 nitrogen and oxygen atoms in total. The zero-order valence-corrected chi connectivity index (χ0v) is 28.3. The molecule has 4 rings (SSSR count). The molecule has 0 unspecified atom stereocenters. The Hall–Kier alpha value is -3.41. The van der Waals surface area contributed by atoms with E-state index in [2.05, 4.69) is 32.2 Å². The highest BCUT2D eigenvalue weighted by Crippen LogP contribution is 2.35. The van der Waals surface area contributed by atoms with Gasteiger partial charge in [-0.15, -0.1) is 12.4 Å². The molecular formula is C33H47ClN6O4S. The van der Waals surface area contributed by atoms with Crippen LogP contribution in [0.5, 0.6) is 0 Å². The molecule has 1 aromatic heterocycles. The number of aryl methyl sites for hydroxylation is 2. The number of sulfonamides is 1. The van der Waals surface area contributed by atoms with Crippen LogP contribution in [0.3, 0.4) is 0 Å². The van der Waals surface area contributed by atoms with Crippen molar-refractivity contribution < 1.29 is 18.0 Å². The zero-order valence-electron chi connectivity index (χ0n) is 26.7. The van der Waals surface area contributed by atoms with Gasteiger partial charge in [0.25, 0.3) is 0 Å². The number of nitrogens with zero attached hydrogens (tertiary/aromatic N) is 2. The Labute approximate surface area is 273 Å². The molecule has 1 aliphatic rings. The van der Waals surface area contributed by atoms with E-state index in [0.29, 0.717) is 43.8 Å². The number of para-hydroxylation sites is 1. The number of hydrogen-bond acceptors (Lipinski definition) is 6. The first-order valence-electron chi connectivity index (χ1n) is 15.7. The van der Waals surface area contributed by atoms with Gasteiger partial charge in [0.15, 0.2) is 0 Å². The number of H-pyrrole nitrogens is 1. The lowest BCUT2D eigenvalue weighted by atomic mass is 9.94. The van der Waals surface area contributed by atoms with E-state index < -0.39 is 16.1 Å². The Bertz CT molecular complexity index is 1540. The highest BCUT2D eigenvalue weighted by atomic mass is 35.5. The molecular weight excluding hydrogens is 612 g/mol. The van der Waals surface area contributed by atoms with Crippen molar-refractivity contribution >= 4 is 45.6 Å². The molecule has 0 saturated carbocycles. The monoisotopic (exact) mass is 658 g/mol. The Kier molecular flexibility index (Phi) is 13.4. The third-order valence-corrected chi connectivity index (χ3v) is 9.91. The van der Waals surface area contributed by atoms with Gasteiger partial charge in [-0.05, 0) is 75.6 Å². The summed E-state index contributed by atoms with van der Waals surface area (Å²) in [5.74, 6) is 0.0587. The second-order valence-electron chi connectivity index (χ2n) is 11.4. The number of nitrogens with one attached hydrogen (secondary N) is 4. The molecule has 1 atom stereocenters. The standard InChI is InChI=1S/C33H46N6O4S.ClH/c1-5-24-17-19-39(20-18-24)33(41)29(15-10-14-28-23(4)35-22-36-28)38-44(42,43)30-16-9-13-27(32(30)37-31(40)6-2)25-11-8-12-26(21-25)34-7-3;/h8-9,11-13,16,21-22,24,29,34,38H,5-7,10,14-15,17-20H2,1-4H3,(H,35,36)(H,37,40);1H/t29-;/m0./s1. The molecule has 2 amide bonds. The molecule has 1 aliphatic heterocycles. The second-order valence-corrected chi connectivity index (χ2v) is 13.1. The summed E-state index contributed by atoms with van der Waals surface area (Å²) >= 11 is 0. The van der Waals surface area contributed by atoms with Crippen molar-refractivity contribution in [3.8, 4) is 11.1 Å². The maximum Gasteiger partial charge on any atom is 0.243 e. The summed E-state index contributed by atoms with van der Waals surface area (Å²) in [7, 11) is -4.24. The van der Waals surface area contributed by atoms with Gasteiger partial charge in [-0.25, -0.2) is 13.4 Å². The number of piperidine rings is 1. The summed E-state index contributed by atoms with van der Waals surface area (Å²) in [4.78, 5) is 35.7. The predicted molar refractivity (Wildman–Crippen MR) is 182 cm³/mol. The third-order valence-electron chi connectivity index (χ3n) is 8.40. The number of halogens is 1. The molecule has 1 fully saturated rings. The van der Waals surface area contributed by atoms with Gasteiger partial charge in [0.1, 0.15) is 10.9 Å². The van der Waals surface area contributed by atoms with Crippen LogP contribution in [-0.2, 0) is 26.0 Å². The quantitative estimate of drug-likeness (QED) is 0.170. The summed E-state index contributed by atoms with van der Waals surface area (Å²) in [6, 6.07) is 11.6. The molecule has 3 aromatic rings. The van der Waals surface area contributed by atoms with Crippen molar-refractivity contribution in [3.63, 3.8) is 0 Å². The maximum absolute atomic E-state index is 14.2. The first-order valence-corrected chi connectivity index (χ1v) is 17.2. The lowest BCUT2D eigenvalue weighted by Crippen LogP contribution is -2.50. The molecule has 12 heteroatoms. The van der Waals surface area contributed by atoms with E-state index in [4.69, 9.17) is 0 Å². The summed E-state index contributed by atoms with van der Waals surface area (Å²) in [6.45, 7) is 9.78. The highest BCUT2D eigenvalue weighted by Gasteiger charge is 2.33. The molecule has 246 valence electrons. The van der Waals surface area contributed by atoms with Crippen LogP contribution < -0.4 is 15.4 Å². The van der Waals surface area contributed by atoms with Gasteiger partial charge in [0, 0.05) is 43.0 Å². The van der Waals surface area contributed by atoms with Crippen molar-refractivity contribution in [1.29, 1.82) is 0 Å². The number of hydrogen-bond donors (Lipinski definition) is 4. The van der Waals surface area contributed by atoms with Gasteiger partial charge >= 0.3 is 0 Å². The van der Waals surface area contributed by atoms with Gasteiger partial charge in [0.05, 0.1) is 17.7 Å². The van der Waals surface area contributed by atoms with E-state index in [0.717, 1.165) is 48.4 Å². The molecule has 0 spiro atoms. The highest BCUT2D eigenvalue weighted by molar-refractivity contribution is 7.89. The number of likely N-dealkylation sites (tertiary alicyclic amines) is 1. The van der Waals surface area contributed by atoms with Gasteiger partial charge in [0.2, 0.25) is 21.8 Å². The topological polar surface area (TPSA) is 136 Å². The van der Waals surface area contributed by atoms with Gasteiger partial charge in [-0.2, -0.15) is 4.72 Å². The first kappa shape index (κ1) is 36.1. The van der Waals surface area contributed by atoms with Gasteiger partial charge < -0.3 is 20.5 Å². The zero-order chi connectivity index (χ0) is 31.7. The molecule has 2 heterocycles. The van der Waals surface area contributed by atoms with Crippen molar-refractivity contribution in [3.05, 3.63) is 60.2 Å². The Balaban J connectivity index is 0.00000552. The minimum atomic E-state index is -4.24. The van der Waals surface area contributed by atoms with Crippen molar-refractivity contribution in [2.75, 3.05) is 30.3 Å². The van der Waals surface area contributed by atoms with Crippen molar-refractivity contribution in [2.45, 2.75) is 83.6 Å². The van der Waals surface area contributed by atoms with Crippen LogP contribution >= 0.6 is 12.4 Å². The molecule has 0 bridgehead atoms. The van der Waals surface area contributed by atoms with Crippen LogP contribution in [0.2, 0.25) is 0 Å². The summed E-state index contributed by atoms with van der Waals surface area (Å²) in [5, 5.41) is 6.12. The fourth-order valence-electron chi connectivity index (χ4n) is 5.73. The fourth-order valence-corrected chi connectivity index (χ4v) is 7.14. The first-order chi connectivity index (χ1) is 21.2. The Morgan fingerprint density at radius 2 is 1.82 bits per heavy atom. The van der Waals surface area contributed by atoms with Crippen LogP contribution in [0.15, 0.2) is 53.7 Å². The minimum absolute atomic E-state index is 0. The number of carbonyl (C=O) groups is 2. The largest absolute Gasteiger partial charge is 0.385 e. The number of imidazole rings is 1. The number of aromatic amines is 1. The summed E-state index contributed by atoms with van der Waals surface area (Å²) in [5.41, 5.74) is 4.28. The lowest BCUT2D eigenvalue weighted by molar-refractivity contribution is -0.134. The maximum atomic E-state index is 14.2. The molecule has 45 heavy (non-hydrogen) atoms. The average Bonchev–Trinajstić information content (AvgIpc) is 3.44. The number of aromatic nitrogens is 2. The summed E-state index contributed by atoms with van der Waals surface area (Å²) in [6.07, 6.45) is 6.23. The average molecular weight is 659 g/mol. The van der Waals surface area contributed by atoms with E-state index in [1.165, 1.54) is 6.07 Å². The van der Waals surface area contributed by atoms with Gasteiger partial charge in [-0.3, -0.25) is 9.59 Å². The van der Waals surface area contributed by atoms with E-state index >= 15 is 0 Å². The number of benzene rings is 2. The predicted octanol–water partition coefficient (Wildman–Crippen LogP) is 5.91. The Morgan fingerprint density at radius 3 is 2.47 bits per heavy atom. The van der Waals surface area contributed by atoms with Gasteiger partial charge in [-0.1, -0.05) is 44.5 Å². The van der Waals surface area contributed by atoms with E-state index in [1.807, 2.05) is 38.1 Å². The van der Waals surface area contributed by atoms with Crippen LogP contribution in [-0.4, -0.2) is 60.8 Å². The lowest BCUT2D eigenvalue weighted by Gasteiger charge is -2.34. The normalized spacial score (nSPS) is 14.4. The molecule has 0 aliphatic carbocycles. The number of anilines is 2. The van der Waals surface area contributed by atoms with Crippen molar-refractivity contribution in [2.24, 2.45) is 5.92 Å². The van der Waals surface area contributed by atoms with Crippen LogP contribution in [0, 0.1) is 12.8 Å². The van der Waals surface area contributed by atoms with E-state index in [9.17, 15) is 18.0 Å². The van der Waals surface area contributed by atoms with E-state index in [1.54, 1.807) is 30.3 Å². The van der Waals surface area contributed by atoms with Crippen molar-refractivity contribution in [1.82, 2.24) is 19.6 Å². The van der Waals surface area contributed by atoms with Crippen LogP contribution in [0.4, 0.5) is 11.4 Å². The molecule has 1 saturated heterocycles. The van der Waals surface area contributed by atoms with E-state index in [-0.39, 0.29) is 41.2 Å².